The Bertz CT molecular complexity index is 452. The molecule has 96 valence electrons. The lowest BCUT2D eigenvalue weighted by molar-refractivity contribution is -0.131. The molecule has 18 heavy (non-hydrogen) atoms. The van der Waals surface area contributed by atoms with Crippen molar-refractivity contribution in [2.75, 3.05) is 6.61 Å². The van der Waals surface area contributed by atoms with Gasteiger partial charge in [-0.1, -0.05) is 31.2 Å². The molecule has 1 fully saturated rings. The van der Waals surface area contributed by atoms with Crippen molar-refractivity contribution in [3.63, 3.8) is 0 Å². The maximum absolute atomic E-state index is 12.6. The quantitative estimate of drug-likeness (QED) is 0.799. The SMILES string of the molecule is CC1CCOC1C(=O)C1CCCc2ccccc21. The fourth-order valence-electron chi connectivity index (χ4n) is 3.31. The van der Waals surface area contributed by atoms with Gasteiger partial charge in [0.25, 0.3) is 0 Å². The van der Waals surface area contributed by atoms with E-state index in [0.717, 1.165) is 32.3 Å². The van der Waals surface area contributed by atoms with E-state index >= 15 is 0 Å². The molecule has 3 atom stereocenters. The van der Waals surface area contributed by atoms with Crippen LogP contribution >= 0.6 is 0 Å². The minimum atomic E-state index is -0.166. The van der Waals surface area contributed by atoms with Crippen LogP contribution in [0.4, 0.5) is 0 Å². The van der Waals surface area contributed by atoms with Crippen molar-refractivity contribution in [3.05, 3.63) is 35.4 Å². The van der Waals surface area contributed by atoms with Crippen molar-refractivity contribution in [3.8, 4) is 0 Å². The summed E-state index contributed by atoms with van der Waals surface area (Å²) in [4.78, 5) is 12.6. The molecule has 1 aromatic carbocycles. The van der Waals surface area contributed by atoms with Crippen LogP contribution in [0.2, 0.25) is 0 Å². The zero-order valence-corrected chi connectivity index (χ0v) is 10.9. The highest BCUT2D eigenvalue weighted by Gasteiger charge is 2.37. The summed E-state index contributed by atoms with van der Waals surface area (Å²) in [5.41, 5.74) is 2.60. The van der Waals surface area contributed by atoms with Gasteiger partial charge in [0.15, 0.2) is 5.78 Å². The highest BCUT2D eigenvalue weighted by atomic mass is 16.5. The van der Waals surface area contributed by atoms with Gasteiger partial charge in [-0.2, -0.15) is 0 Å². The second kappa shape index (κ2) is 4.85. The molecule has 3 rings (SSSR count). The van der Waals surface area contributed by atoms with Crippen LogP contribution in [-0.2, 0) is 16.0 Å². The van der Waals surface area contributed by atoms with E-state index in [1.54, 1.807) is 0 Å². The topological polar surface area (TPSA) is 26.3 Å². The molecule has 0 N–H and O–H groups in total. The molecule has 1 aliphatic carbocycles. The smallest absolute Gasteiger partial charge is 0.169 e. The van der Waals surface area contributed by atoms with Crippen LogP contribution in [0.25, 0.3) is 0 Å². The minimum Gasteiger partial charge on any atom is -0.370 e. The Kier molecular flexibility index (Phi) is 3.21. The number of ketones is 1. The molecular formula is C16H20O2. The van der Waals surface area contributed by atoms with Crippen molar-refractivity contribution in [2.45, 2.75) is 44.6 Å². The number of aryl methyl sites for hydroxylation is 1. The van der Waals surface area contributed by atoms with Gasteiger partial charge in [0.05, 0.1) is 0 Å². The first-order valence-electron chi connectivity index (χ1n) is 7.00. The standard InChI is InChI=1S/C16H20O2/c1-11-9-10-18-16(11)15(17)14-8-4-6-12-5-2-3-7-13(12)14/h2-3,5,7,11,14,16H,4,6,8-10H2,1H3. The fraction of sp³-hybridized carbons (Fsp3) is 0.562. The van der Waals surface area contributed by atoms with Crippen molar-refractivity contribution >= 4 is 5.78 Å². The van der Waals surface area contributed by atoms with E-state index in [9.17, 15) is 4.79 Å². The predicted octanol–water partition coefficient (Wildman–Crippen LogP) is 3.10. The monoisotopic (exact) mass is 244 g/mol. The number of carbonyl (C=O) groups excluding carboxylic acids is 1. The maximum Gasteiger partial charge on any atom is 0.169 e. The average Bonchev–Trinajstić information content (AvgIpc) is 2.83. The van der Waals surface area contributed by atoms with Gasteiger partial charge < -0.3 is 4.74 Å². The van der Waals surface area contributed by atoms with E-state index in [1.807, 2.05) is 6.07 Å². The second-order valence-electron chi connectivity index (χ2n) is 5.60. The van der Waals surface area contributed by atoms with Crippen LogP contribution in [0.5, 0.6) is 0 Å². The van der Waals surface area contributed by atoms with Gasteiger partial charge in [0, 0.05) is 12.5 Å². The number of rotatable bonds is 2. The van der Waals surface area contributed by atoms with Gasteiger partial charge in [-0.05, 0) is 42.7 Å². The molecule has 1 saturated heterocycles. The molecule has 0 amide bonds. The molecule has 0 saturated carbocycles. The summed E-state index contributed by atoms with van der Waals surface area (Å²) in [5.74, 6) is 0.763. The predicted molar refractivity (Wildman–Crippen MR) is 70.6 cm³/mol. The van der Waals surface area contributed by atoms with Gasteiger partial charge in [0.2, 0.25) is 0 Å². The first-order valence-corrected chi connectivity index (χ1v) is 7.00. The number of hydrogen-bond acceptors (Lipinski definition) is 2. The molecule has 3 unspecified atom stereocenters. The molecule has 0 aromatic heterocycles. The van der Waals surface area contributed by atoms with Crippen LogP contribution in [0.15, 0.2) is 24.3 Å². The number of fused-ring (bicyclic) bond motifs is 1. The third kappa shape index (κ3) is 1.99. The van der Waals surface area contributed by atoms with E-state index in [4.69, 9.17) is 4.74 Å². The number of benzene rings is 1. The summed E-state index contributed by atoms with van der Waals surface area (Å²) in [6.07, 6.45) is 4.07. The second-order valence-corrected chi connectivity index (χ2v) is 5.60. The first-order chi connectivity index (χ1) is 8.77. The molecule has 1 aliphatic heterocycles. The zero-order chi connectivity index (χ0) is 12.5. The summed E-state index contributed by atoms with van der Waals surface area (Å²) in [5, 5.41) is 0. The highest BCUT2D eigenvalue weighted by molar-refractivity contribution is 5.90. The molecule has 0 spiro atoms. The molecule has 2 nitrogen and oxygen atoms in total. The average molecular weight is 244 g/mol. The Labute approximate surface area is 108 Å². The van der Waals surface area contributed by atoms with E-state index in [-0.39, 0.29) is 12.0 Å². The largest absolute Gasteiger partial charge is 0.370 e. The molecule has 1 aromatic rings. The fourth-order valence-corrected chi connectivity index (χ4v) is 3.31. The summed E-state index contributed by atoms with van der Waals surface area (Å²) < 4.78 is 5.65. The number of hydrogen-bond donors (Lipinski definition) is 0. The van der Waals surface area contributed by atoms with Crippen molar-refractivity contribution in [1.82, 2.24) is 0 Å². The van der Waals surface area contributed by atoms with Gasteiger partial charge >= 0.3 is 0 Å². The summed E-state index contributed by atoms with van der Waals surface area (Å²) in [6, 6.07) is 8.40. The lowest BCUT2D eigenvalue weighted by Crippen LogP contribution is -2.32. The summed E-state index contributed by atoms with van der Waals surface area (Å²) >= 11 is 0. The van der Waals surface area contributed by atoms with Crippen LogP contribution in [0.3, 0.4) is 0 Å². The number of carbonyl (C=O) groups is 1. The molecular weight excluding hydrogens is 224 g/mol. The minimum absolute atomic E-state index is 0.0699. The Morgan fingerprint density at radius 3 is 2.89 bits per heavy atom. The Balaban J connectivity index is 1.87. The lowest BCUT2D eigenvalue weighted by Gasteiger charge is -2.27. The Hall–Kier alpha value is -1.15. The normalized spacial score (nSPS) is 31.1. The van der Waals surface area contributed by atoms with Crippen LogP contribution in [0.1, 0.15) is 43.2 Å². The van der Waals surface area contributed by atoms with Crippen molar-refractivity contribution in [1.29, 1.82) is 0 Å². The van der Waals surface area contributed by atoms with E-state index in [0.29, 0.717) is 11.7 Å². The molecule has 0 bridgehead atoms. The third-order valence-electron chi connectivity index (χ3n) is 4.38. The zero-order valence-electron chi connectivity index (χ0n) is 10.9. The molecule has 2 aliphatic rings. The van der Waals surface area contributed by atoms with E-state index in [2.05, 4.69) is 25.1 Å². The van der Waals surface area contributed by atoms with Crippen molar-refractivity contribution < 1.29 is 9.53 Å². The van der Waals surface area contributed by atoms with Gasteiger partial charge in [-0.3, -0.25) is 4.79 Å². The van der Waals surface area contributed by atoms with Gasteiger partial charge in [-0.25, -0.2) is 0 Å². The maximum atomic E-state index is 12.6. The van der Waals surface area contributed by atoms with Crippen molar-refractivity contribution in [2.24, 2.45) is 5.92 Å². The van der Waals surface area contributed by atoms with E-state index < -0.39 is 0 Å². The lowest BCUT2D eigenvalue weighted by atomic mass is 9.78. The third-order valence-corrected chi connectivity index (χ3v) is 4.38. The Morgan fingerprint density at radius 2 is 2.11 bits per heavy atom. The van der Waals surface area contributed by atoms with Gasteiger partial charge in [0.1, 0.15) is 6.10 Å². The van der Waals surface area contributed by atoms with E-state index in [1.165, 1.54) is 11.1 Å². The van der Waals surface area contributed by atoms with Crippen LogP contribution in [-0.4, -0.2) is 18.5 Å². The molecule has 0 radical (unpaired) electrons. The molecule has 2 heteroatoms. The highest BCUT2D eigenvalue weighted by Crippen LogP contribution is 2.35. The first kappa shape index (κ1) is 11.9. The summed E-state index contributed by atoms with van der Waals surface area (Å²) in [7, 11) is 0. The molecule has 1 heterocycles. The number of Topliss-reactive ketones (excluding diaryl/α,β-unsaturated/α-hetero) is 1. The Morgan fingerprint density at radius 1 is 1.28 bits per heavy atom. The van der Waals surface area contributed by atoms with Crippen LogP contribution < -0.4 is 0 Å². The van der Waals surface area contributed by atoms with Crippen LogP contribution in [0, 0.1) is 5.92 Å². The number of ether oxygens (including phenoxy) is 1. The van der Waals surface area contributed by atoms with Gasteiger partial charge in [-0.15, -0.1) is 0 Å². The summed E-state index contributed by atoms with van der Waals surface area (Å²) in [6.45, 7) is 2.87.